The summed E-state index contributed by atoms with van der Waals surface area (Å²) in [5, 5.41) is 10.0. The number of carbonyl (C=O) groups is 2. The van der Waals surface area contributed by atoms with Gasteiger partial charge in [0, 0.05) is 17.3 Å². The van der Waals surface area contributed by atoms with E-state index < -0.39 is 17.7 Å². The van der Waals surface area contributed by atoms with E-state index in [0.717, 1.165) is 16.6 Å². The molecule has 3 heterocycles. The first-order chi connectivity index (χ1) is 13.0. The predicted octanol–water partition coefficient (Wildman–Crippen LogP) is 3.66. The van der Waals surface area contributed by atoms with Crippen LogP contribution in [0.3, 0.4) is 0 Å². The number of rotatable bonds is 4. The molecule has 1 fully saturated rings. The first-order valence-corrected chi connectivity index (χ1v) is 8.30. The van der Waals surface area contributed by atoms with Gasteiger partial charge in [0.25, 0.3) is 0 Å². The van der Waals surface area contributed by atoms with E-state index in [1.165, 1.54) is 0 Å². The van der Waals surface area contributed by atoms with Gasteiger partial charge in [-0.1, -0.05) is 6.07 Å². The van der Waals surface area contributed by atoms with Crippen molar-refractivity contribution in [1.29, 1.82) is 0 Å². The van der Waals surface area contributed by atoms with Crippen LogP contribution >= 0.6 is 0 Å². The molecule has 1 unspecified atom stereocenters. The van der Waals surface area contributed by atoms with Gasteiger partial charge in [0.15, 0.2) is 5.60 Å². The molecule has 0 bridgehead atoms. The van der Waals surface area contributed by atoms with Crippen molar-refractivity contribution in [3.8, 4) is 5.82 Å². The van der Waals surface area contributed by atoms with E-state index in [9.17, 15) is 14.7 Å². The number of carboxylic acids is 1. The van der Waals surface area contributed by atoms with Crippen LogP contribution < -0.4 is 0 Å². The minimum Gasteiger partial charge on any atom is -0.478 e. The summed E-state index contributed by atoms with van der Waals surface area (Å²) < 4.78 is 12.0. The third kappa shape index (κ3) is 3.15. The highest BCUT2D eigenvalue weighted by molar-refractivity contribution is 5.95. The van der Waals surface area contributed by atoms with Crippen molar-refractivity contribution in [3.05, 3.63) is 66.0 Å². The molecule has 1 aliphatic heterocycles. The summed E-state index contributed by atoms with van der Waals surface area (Å²) in [6.45, 7) is 1.89. The van der Waals surface area contributed by atoms with E-state index in [1.807, 2.05) is 34.9 Å². The van der Waals surface area contributed by atoms with Crippen molar-refractivity contribution in [2.24, 2.45) is 0 Å². The molecular formula is C20H16N2O5. The molecule has 7 nitrogen and oxygen atoms in total. The zero-order valence-corrected chi connectivity index (χ0v) is 14.5. The number of hydrogen-bond donors (Lipinski definition) is 1. The lowest BCUT2D eigenvalue weighted by atomic mass is 10.1. The van der Waals surface area contributed by atoms with Gasteiger partial charge < -0.3 is 14.6 Å². The van der Waals surface area contributed by atoms with Gasteiger partial charge in [-0.25, -0.2) is 14.6 Å². The van der Waals surface area contributed by atoms with Gasteiger partial charge in [-0.15, -0.1) is 0 Å². The number of carbonyl (C=O) groups excluding carboxylic acids is 1. The molecule has 1 aliphatic rings. The quantitative estimate of drug-likeness (QED) is 0.711. The Bertz CT molecular complexity index is 1070. The summed E-state index contributed by atoms with van der Waals surface area (Å²) in [5.74, 6) is -0.290. The summed E-state index contributed by atoms with van der Waals surface area (Å²) in [6, 6.07) is 12.4. The van der Waals surface area contributed by atoms with Gasteiger partial charge in [-0.2, -0.15) is 0 Å². The Morgan fingerprint density at radius 3 is 2.81 bits per heavy atom. The molecule has 7 heteroatoms. The van der Waals surface area contributed by atoms with Crippen molar-refractivity contribution < 1.29 is 24.2 Å². The Morgan fingerprint density at radius 1 is 1.30 bits per heavy atom. The summed E-state index contributed by atoms with van der Waals surface area (Å²) in [6.07, 6.45) is 4.56. The van der Waals surface area contributed by atoms with Gasteiger partial charge in [0.2, 0.25) is 0 Å². The van der Waals surface area contributed by atoms with Crippen molar-refractivity contribution >= 4 is 29.1 Å². The number of nitrogens with zero attached hydrogens (tertiary/aromatic N) is 2. The average molecular weight is 364 g/mol. The fourth-order valence-corrected chi connectivity index (χ4v) is 3.03. The third-order valence-corrected chi connectivity index (χ3v) is 4.36. The zero-order valence-electron chi connectivity index (χ0n) is 14.5. The van der Waals surface area contributed by atoms with Crippen LogP contribution in [0.25, 0.3) is 22.8 Å². The van der Waals surface area contributed by atoms with Crippen molar-refractivity contribution in [1.82, 2.24) is 9.55 Å². The van der Waals surface area contributed by atoms with Crippen molar-refractivity contribution in [3.63, 3.8) is 0 Å². The first kappa shape index (κ1) is 16.8. The second kappa shape index (κ2) is 6.28. The highest BCUT2D eigenvalue weighted by Crippen LogP contribution is 2.28. The second-order valence-electron chi connectivity index (χ2n) is 6.46. The third-order valence-electron chi connectivity index (χ3n) is 4.36. The number of ether oxygens (including phenoxy) is 2. The number of hydrogen-bond acceptors (Lipinski definition) is 5. The molecule has 0 amide bonds. The molecule has 0 saturated carbocycles. The Labute approximate surface area is 154 Å². The zero-order chi connectivity index (χ0) is 19.0. The van der Waals surface area contributed by atoms with E-state index in [0.29, 0.717) is 5.82 Å². The van der Waals surface area contributed by atoms with E-state index in [2.05, 4.69) is 4.98 Å². The van der Waals surface area contributed by atoms with Gasteiger partial charge in [0.05, 0.1) is 11.1 Å². The maximum absolute atomic E-state index is 11.3. The number of fused-ring (bicyclic) bond motifs is 1. The predicted molar refractivity (Wildman–Crippen MR) is 97.9 cm³/mol. The molecule has 0 spiro atoms. The summed E-state index contributed by atoms with van der Waals surface area (Å²) >= 11 is 0. The average Bonchev–Trinajstić information content (AvgIpc) is 3.20. The lowest BCUT2D eigenvalue weighted by Crippen LogP contribution is -2.23. The van der Waals surface area contributed by atoms with Crippen LogP contribution in [0.1, 0.15) is 23.0 Å². The molecule has 2 aromatic heterocycles. The number of carboxylic acid groups (broad SMARTS) is 1. The molecule has 136 valence electrons. The van der Waals surface area contributed by atoms with E-state index >= 15 is 0 Å². The SMILES string of the molecule is CC1(/C=C/c2cc3cc(C(=O)O)ccc3n2-c2ccccn2)COC(=O)O1. The van der Waals surface area contributed by atoms with Gasteiger partial charge in [-0.05, 0) is 55.5 Å². The minimum absolute atomic E-state index is 0.134. The molecule has 27 heavy (non-hydrogen) atoms. The highest BCUT2D eigenvalue weighted by Gasteiger charge is 2.35. The van der Waals surface area contributed by atoms with Crippen LogP contribution in [0.2, 0.25) is 0 Å². The molecule has 3 aromatic rings. The first-order valence-electron chi connectivity index (χ1n) is 8.30. The van der Waals surface area contributed by atoms with Gasteiger partial charge >= 0.3 is 12.1 Å². The van der Waals surface area contributed by atoms with Crippen LogP contribution in [0.5, 0.6) is 0 Å². The molecule has 4 rings (SSSR count). The number of pyridine rings is 1. The van der Waals surface area contributed by atoms with E-state index in [4.69, 9.17) is 9.47 Å². The van der Waals surface area contributed by atoms with Crippen LogP contribution in [0.4, 0.5) is 4.79 Å². The number of aromatic nitrogens is 2. The monoisotopic (exact) mass is 364 g/mol. The molecule has 0 radical (unpaired) electrons. The molecule has 1 N–H and O–H groups in total. The Kier molecular flexibility index (Phi) is 3.92. The van der Waals surface area contributed by atoms with Gasteiger partial charge in [0.1, 0.15) is 12.4 Å². The largest absolute Gasteiger partial charge is 0.509 e. The van der Waals surface area contributed by atoms with Crippen molar-refractivity contribution in [2.45, 2.75) is 12.5 Å². The van der Waals surface area contributed by atoms with E-state index in [-0.39, 0.29) is 12.2 Å². The standard InChI is InChI=1S/C20H16N2O5/c1-20(12-26-19(25)27-20)8-7-15-11-14-10-13(18(23)24)5-6-16(14)22(15)17-4-2-3-9-21-17/h2-11H,12H2,1H3,(H,23,24)/b8-7+. The topological polar surface area (TPSA) is 90.6 Å². The molecular weight excluding hydrogens is 348 g/mol. The summed E-state index contributed by atoms with van der Waals surface area (Å²) in [7, 11) is 0. The molecule has 1 saturated heterocycles. The Morgan fingerprint density at radius 2 is 2.15 bits per heavy atom. The molecule has 0 aliphatic carbocycles. The Balaban J connectivity index is 1.85. The molecule has 1 atom stereocenters. The van der Waals surface area contributed by atoms with Crippen LogP contribution in [-0.4, -0.2) is 39.0 Å². The van der Waals surface area contributed by atoms with Gasteiger partial charge in [-0.3, -0.25) is 4.57 Å². The smallest absolute Gasteiger partial charge is 0.478 e. The number of cyclic esters (lactones) is 2. The maximum Gasteiger partial charge on any atom is 0.509 e. The number of aromatic carboxylic acids is 1. The fraction of sp³-hybridized carbons (Fsp3) is 0.150. The Hall–Kier alpha value is -3.61. The van der Waals surface area contributed by atoms with E-state index in [1.54, 1.807) is 37.4 Å². The normalized spacial score (nSPS) is 19.4. The lowest BCUT2D eigenvalue weighted by molar-refractivity contribution is 0.0696. The van der Waals surface area contributed by atoms with Crippen LogP contribution in [0.15, 0.2) is 54.7 Å². The van der Waals surface area contributed by atoms with Crippen LogP contribution in [0, 0.1) is 0 Å². The lowest BCUT2D eigenvalue weighted by Gasteiger charge is -2.14. The second-order valence-corrected chi connectivity index (χ2v) is 6.46. The minimum atomic E-state index is -0.984. The summed E-state index contributed by atoms with van der Waals surface area (Å²) in [5.41, 5.74) is 0.953. The maximum atomic E-state index is 11.3. The van der Waals surface area contributed by atoms with Crippen LogP contribution in [-0.2, 0) is 9.47 Å². The molecule has 1 aromatic carbocycles. The summed E-state index contributed by atoms with van der Waals surface area (Å²) in [4.78, 5) is 26.9. The number of benzene rings is 1. The highest BCUT2D eigenvalue weighted by atomic mass is 16.8. The van der Waals surface area contributed by atoms with Crippen molar-refractivity contribution in [2.75, 3.05) is 6.61 Å². The fourth-order valence-electron chi connectivity index (χ4n) is 3.03.